The van der Waals surface area contributed by atoms with Crippen LogP contribution in [0, 0.1) is 10.8 Å². The van der Waals surface area contributed by atoms with Gasteiger partial charge in [0.15, 0.2) is 11.6 Å². The van der Waals surface area contributed by atoms with Crippen molar-refractivity contribution < 1.29 is 9.59 Å². The number of hydrogen-bond acceptors (Lipinski definition) is 6. The fourth-order valence-electron chi connectivity index (χ4n) is 2.69. The standard InChI is InChI=1S/C22H44N2O2S2/c1-19(2,3)17(25)15(23-21(7,8)9)13-27-28-14-16(24-22(10,11)12)18(26)20(4,5)6/h15-16,23-24H,13-14H2,1-12H3. The number of carbonyl (C=O) groups is 2. The van der Waals surface area contributed by atoms with Crippen LogP contribution in [0.4, 0.5) is 0 Å². The van der Waals surface area contributed by atoms with Gasteiger partial charge in [0.25, 0.3) is 0 Å². The lowest BCUT2D eigenvalue weighted by molar-refractivity contribution is -0.128. The molecule has 0 saturated carbocycles. The third kappa shape index (κ3) is 11.8. The summed E-state index contributed by atoms with van der Waals surface area (Å²) in [6.45, 7) is 24.3. The van der Waals surface area contributed by atoms with Crippen molar-refractivity contribution in [2.75, 3.05) is 11.5 Å². The number of nitrogens with one attached hydrogen (secondary N) is 2. The van der Waals surface area contributed by atoms with Gasteiger partial charge in [0.2, 0.25) is 0 Å². The summed E-state index contributed by atoms with van der Waals surface area (Å²) in [5.74, 6) is 1.82. The van der Waals surface area contributed by atoms with Gasteiger partial charge in [0.05, 0.1) is 12.1 Å². The van der Waals surface area contributed by atoms with Gasteiger partial charge in [-0.25, -0.2) is 0 Å². The first-order valence-electron chi connectivity index (χ1n) is 10.1. The van der Waals surface area contributed by atoms with Gasteiger partial charge < -0.3 is 10.6 Å². The zero-order chi connectivity index (χ0) is 22.6. The van der Waals surface area contributed by atoms with Gasteiger partial charge in [0, 0.05) is 33.4 Å². The molecule has 2 N–H and O–H groups in total. The normalized spacial score (nSPS) is 16.0. The Morgan fingerprint density at radius 2 is 0.857 bits per heavy atom. The molecule has 4 nitrogen and oxygen atoms in total. The van der Waals surface area contributed by atoms with Crippen LogP contribution in [-0.2, 0) is 9.59 Å². The first-order valence-corrected chi connectivity index (χ1v) is 12.6. The zero-order valence-corrected chi connectivity index (χ0v) is 21.8. The minimum atomic E-state index is -0.382. The summed E-state index contributed by atoms with van der Waals surface area (Å²) < 4.78 is 0. The van der Waals surface area contributed by atoms with E-state index in [4.69, 9.17) is 0 Å². The summed E-state index contributed by atoms with van der Waals surface area (Å²) in [7, 11) is 3.34. The Kier molecular flexibility index (Phi) is 10.3. The summed E-state index contributed by atoms with van der Waals surface area (Å²) in [6, 6.07) is -0.408. The number of hydrogen-bond donors (Lipinski definition) is 2. The highest BCUT2D eigenvalue weighted by Crippen LogP contribution is 2.29. The van der Waals surface area contributed by atoms with Crippen molar-refractivity contribution in [3.8, 4) is 0 Å². The maximum atomic E-state index is 12.8. The van der Waals surface area contributed by atoms with Crippen LogP contribution < -0.4 is 10.6 Å². The van der Waals surface area contributed by atoms with Crippen molar-refractivity contribution in [2.24, 2.45) is 10.8 Å². The Bertz CT molecular complexity index is 473. The van der Waals surface area contributed by atoms with E-state index in [2.05, 4.69) is 52.2 Å². The second-order valence-corrected chi connectivity index (χ2v) is 14.2. The molecule has 0 rings (SSSR count). The number of Topliss-reactive ketones (excluding diaryl/α,β-unsaturated/α-hetero) is 2. The molecule has 166 valence electrons. The van der Waals surface area contributed by atoms with Gasteiger partial charge in [-0.2, -0.15) is 0 Å². The largest absolute Gasteiger partial charge is 0.302 e. The Morgan fingerprint density at radius 1 is 0.607 bits per heavy atom. The van der Waals surface area contributed by atoms with Crippen molar-refractivity contribution in [2.45, 2.75) is 106 Å². The molecular formula is C22H44N2O2S2. The smallest absolute Gasteiger partial charge is 0.155 e. The van der Waals surface area contributed by atoms with E-state index in [0.29, 0.717) is 11.5 Å². The molecule has 0 aliphatic heterocycles. The lowest BCUT2D eigenvalue weighted by Crippen LogP contribution is -2.52. The van der Waals surface area contributed by atoms with E-state index in [0.717, 1.165) is 0 Å². The summed E-state index contributed by atoms with van der Waals surface area (Å²) in [5, 5.41) is 6.94. The molecule has 28 heavy (non-hydrogen) atoms. The molecule has 6 heteroatoms. The highest BCUT2D eigenvalue weighted by molar-refractivity contribution is 8.76. The SMILES string of the molecule is CC(C)(C)NC(CSSCC(NC(C)(C)C)C(=O)C(C)(C)C)C(=O)C(C)(C)C. The summed E-state index contributed by atoms with van der Waals surface area (Å²) >= 11 is 0. The zero-order valence-electron chi connectivity index (χ0n) is 20.2. The van der Waals surface area contributed by atoms with Gasteiger partial charge in [-0.3, -0.25) is 9.59 Å². The highest BCUT2D eigenvalue weighted by atomic mass is 33.1. The Balaban J connectivity index is 5.00. The monoisotopic (exact) mass is 432 g/mol. The van der Waals surface area contributed by atoms with Crippen LogP contribution in [0.2, 0.25) is 0 Å². The predicted molar refractivity (Wildman–Crippen MR) is 127 cm³/mol. The van der Waals surface area contributed by atoms with Gasteiger partial charge in [-0.15, -0.1) is 0 Å². The molecule has 0 heterocycles. The number of rotatable bonds is 9. The molecule has 2 atom stereocenters. The molecule has 0 fully saturated rings. The number of ketones is 2. The second kappa shape index (κ2) is 10.3. The third-order valence-electron chi connectivity index (χ3n) is 3.88. The van der Waals surface area contributed by atoms with E-state index in [9.17, 15) is 9.59 Å². The lowest BCUT2D eigenvalue weighted by atomic mass is 9.86. The average Bonchev–Trinajstić information content (AvgIpc) is 2.43. The van der Waals surface area contributed by atoms with Crippen molar-refractivity contribution in [1.29, 1.82) is 0 Å². The van der Waals surface area contributed by atoms with Crippen LogP contribution in [0.1, 0.15) is 83.1 Å². The molecule has 0 aliphatic carbocycles. The van der Waals surface area contributed by atoms with Crippen molar-refractivity contribution in [1.82, 2.24) is 10.6 Å². The molecular weight excluding hydrogens is 388 g/mol. The Hall–Kier alpha value is -0.0400. The van der Waals surface area contributed by atoms with Gasteiger partial charge in [-0.05, 0) is 41.5 Å². The summed E-state index contributed by atoms with van der Waals surface area (Å²) in [5.41, 5.74) is -1.02. The number of carbonyl (C=O) groups excluding carboxylic acids is 2. The van der Waals surface area contributed by atoms with Gasteiger partial charge in [0.1, 0.15) is 0 Å². The maximum absolute atomic E-state index is 12.8. The van der Waals surface area contributed by atoms with Gasteiger partial charge >= 0.3 is 0 Å². The second-order valence-electron chi connectivity index (χ2n) is 11.7. The topological polar surface area (TPSA) is 58.2 Å². The van der Waals surface area contributed by atoms with Crippen molar-refractivity contribution in [3.63, 3.8) is 0 Å². The average molecular weight is 433 g/mol. The van der Waals surface area contributed by atoms with E-state index in [-0.39, 0.29) is 45.6 Å². The molecule has 0 saturated heterocycles. The quantitative estimate of drug-likeness (QED) is 0.390. The predicted octanol–water partition coefficient (Wildman–Crippen LogP) is 5.11. The molecule has 0 aliphatic rings. The Morgan fingerprint density at radius 3 is 1.04 bits per heavy atom. The molecule has 0 aromatic heterocycles. The van der Waals surface area contributed by atoms with Crippen molar-refractivity contribution >= 4 is 33.2 Å². The van der Waals surface area contributed by atoms with Crippen LogP contribution in [0.25, 0.3) is 0 Å². The molecule has 0 aromatic rings. The maximum Gasteiger partial charge on any atom is 0.155 e. The van der Waals surface area contributed by atoms with Crippen LogP contribution >= 0.6 is 21.6 Å². The van der Waals surface area contributed by atoms with Crippen LogP contribution in [-0.4, -0.2) is 46.2 Å². The lowest BCUT2D eigenvalue weighted by Gasteiger charge is -2.32. The van der Waals surface area contributed by atoms with Crippen LogP contribution in [0.3, 0.4) is 0 Å². The molecule has 0 radical (unpaired) electrons. The van der Waals surface area contributed by atoms with Crippen LogP contribution in [0.15, 0.2) is 0 Å². The fourth-order valence-corrected chi connectivity index (χ4v) is 5.02. The third-order valence-corrected chi connectivity index (χ3v) is 6.30. The molecule has 0 bridgehead atoms. The molecule has 0 amide bonds. The minimum Gasteiger partial charge on any atom is -0.302 e. The van der Waals surface area contributed by atoms with E-state index in [1.165, 1.54) is 0 Å². The first-order chi connectivity index (χ1) is 12.2. The summed E-state index contributed by atoms with van der Waals surface area (Å²) in [4.78, 5) is 25.7. The highest BCUT2D eigenvalue weighted by Gasteiger charge is 2.34. The van der Waals surface area contributed by atoms with Gasteiger partial charge in [-0.1, -0.05) is 63.1 Å². The first kappa shape index (κ1) is 28.0. The molecule has 0 aromatic carbocycles. The van der Waals surface area contributed by atoms with E-state index < -0.39 is 0 Å². The molecule has 0 spiro atoms. The van der Waals surface area contributed by atoms with E-state index in [1.54, 1.807) is 21.6 Å². The summed E-state index contributed by atoms with van der Waals surface area (Å²) in [6.07, 6.45) is 0. The van der Waals surface area contributed by atoms with Crippen molar-refractivity contribution in [3.05, 3.63) is 0 Å². The fraction of sp³-hybridized carbons (Fsp3) is 0.909. The van der Waals surface area contributed by atoms with Crippen LogP contribution in [0.5, 0.6) is 0 Å². The minimum absolute atomic E-state index is 0.130. The van der Waals surface area contributed by atoms with E-state index in [1.807, 2.05) is 41.5 Å². The van der Waals surface area contributed by atoms with E-state index >= 15 is 0 Å². The Labute approximate surface area is 181 Å². The molecule has 2 unspecified atom stereocenters.